The van der Waals surface area contributed by atoms with Gasteiger partial charge in [0.05, 0.1) is 6.10 Å². The average molecular weight is 374 g/mol. The van der Waals surface area contributed by atoms with Crippen molar-refractivity contribution in [3.05, 3.63) is 41.5 Å². The molecule has 0 aliphatic heterocycles. The largest absolute Gasteiger partial charge is 0.481 e. The van der Waals surface area contributed by atoms with Gasteiger partial charge in [-0.2, -0.15) is 0 Å². The van der Waals surface area contributed by atoms with Crippen LogP contribution in [0.4, 0.5) is 0 Å². The van der Waals surface area contributed by atoms with E-state index in [1.165, 1.54) is 0 Å². The van der Waals surface area contributed by atoms with Crippen LogP contribution in [0.15, 0.2) is 30.3 Å². The summed E-state index contributed by atoms with van der Waals surface area (Å²) in [5.74, 6) is -0.947. The Kier molecular flexibility index (Phi) is 8.69. The Morgan fingerprint density at radius 1 is 1.11 bits per heavy atom. The normalized spacial score (nSPS) is 22.6. The predicted octanol–water partition coefficient (Wildman–Crippen LogP) is 3.23. The molecule has 0 spiro atoms. The molecule has 5 heteroatoms. The highest BCUT2D eigenvalue weighted by Crippen LogP contribution is 2.34. The summed E-state index contributed by atoms with van der Waals surface area (Å²) in [7, 11) is 0. The zero-order valence-electron chi connectivity index (χ0n) is 15.7. The molecule has 0 bridgehead atoms. The lowest BCUT2D eigenvalue weighted by molar-refractivity contribution is -0.137. The van der Waals surface area contributed by atoms with Crippen LogP contribution in [0, 0.1) is 11.8 Å². The highest BCUT2D eigenvalue weighted by atomic mass is 16.4. The van der Waals surface area contributed by atoms with E-state index in [-0.39, 0.29) is 37.1 Å². The van der Waals surface area contributed by atoms with Crippen LogP contribution < -0.4 is 0 Å². The molecule has 1 saturated carbocycles. The Bertz CT molecular complexity index is 635. The number of ketones is 1. The Balaban J connectivity index is 1.86. The van der Waals surface area contributed by atoms with Crippen molar-refractivity contribution in [2.75, 3.05) is 6.61 Å². The molecule has 3 N–H and O–H groups in total. The third-order valence-electron chi connectivity index (χ3n) is 5.28. The van der Waals surface area contributed by atoms with Crippen LogP contribution >= 0.6 is 0 Å². The van der Waals surface area contributed by atoms with Gasteiger partial charge in [0.1, 0.15) is 5.78 Å². The molecule has 3 atom stereocenters. The minimum Gasteiger partial charge on any atom is -0.481 e. The van der Waals surface area contributed by atoms with Crippen LogP contribution in [-0.2, 0) is 16.0 Å². The number of carbonyl (C=O) groups is 2. The third kappa shape index (κ3) is 6.92. The summed E-state index contributed by atoms with van der Waals surface area (Å²) in [6, 6.07) is 7.89. The maximum atomic E-state index is 12.2. The SMILES string of the molecule is O=C(O)CCCCCC[C@@H]1C(=O)C[C@@H](O)[C@H]1C=Cc1ccc(CCO)cc1. The highest BCUT2D eigenvalue weighted by Gasteiger charge is 2.39. The van der Waals surface area contributed by atoms with Gasteiger partial charge in [-0.05, 0) is 30.4 Å². The fourth-order valence-corrected chi connectivity index (χ4v) is 3.73. The van der Waals surface area contributed by atoms with Gasteiger partial charge in [-0.25, -0.2) is 0 Å². The molecule has 1 aliphatic carbocycles. The second-order valence-electron chi connectivity index (χ2n) is 7.34. The third-order valence-corrected chi connectivity index (χ3v) is 5.28. The maximum absolute atomic E-state index is 12.2. The predicted molar refractivity (Wildman–Crippen MR) is 104 cm³/mol. The quantitative estimate of drug-likeness (QED) is 0.517. The Morgan fingerprint density at radius 3 is 2.48 bits per heavy atom. The molecule has 0 heterocycles. The summed E-state index contributed by atoms with van der Waals surface area (Å²) in [6.07, 6.45) is 8.39. The lowest BCUT2D eigenvalue weighted by Crippen LogP contribution is -2.18. The molecular formula is C22H30O5. The number of aliphatic hydroxyl groups excluding tert-OH is 2. The zero-order chi connectivity index (χ0) is 19.6. The van der Waals surface area contributed by atoms with Crippen molar-refractivity contribution in [1.82, 2.24) is 0 Å². The number of unbranched alkanes of at least 4 members (excludes halogenated alkanes) is 3. The molecule has 1 aromatic rings. The molecule has 1 aromatic carbocycles. The van der Waals surface area contributed by atoms with E-state index in [4.69, 9.17) is 10.2 Å². The molecule has 5 nitrogen and oxygen atoms in total. The number of aliphatic hydroxyl groups is 2. The molecule has 0 saturated heterocycles. The Hall–Kier alpha value is -1.98. The first kappa shape index (κ1) is 21.3. The van der Waals surface area contributed by atoms with Crippen LogP contribution in [0.5, 0.6) is 0 Å². The Morgan fingerprint density at radius 2 is 1.81 bits per heavy atom. The van der Waals surface area contributed by atoms with Crippen molar-refractivity contribution in [2.24, 2.45) is 11.8 Å². The number of carbonyl (C=O) groups excluding carboxylic acids is 1. The van der Waals surface area contributed by atoms with E-state index in [9.17, 15) is 14.7 Å². The van der Waals surface area contributed by atoms with Gasteiger partial charge in [0.25, 0.3) is 0 Å². The van der Waals surface area contributed by atoms with E-state index in [0.29, 0.717) is 12.8 Å². The summed E-state index contributed by atoms with van der Waals surface area (Å²) >= 11 is 0. The number of carboxylic acid groups (broad SMARTS) is 1. The van der Waals surface area contributed by atoms with E-state index >= 15 is 0 Å². The van der Waals surface area contributed by atoms with E-state index in [1.54, 1.807) is 0 Å². The number of aliphatic carboxylic acids is 1. The average Bonchev–Trinajstić information content (AvgIpc) is 2.90. The molecule has 1 aliphatic rings. The molecule has 2 rings (SSSR count). The van der Waals surface area contributed by atoms with Crippen LogP contribution in [0.2, 0.25) is 0 Å². The van der Waals surface area contributed by atoms with Crippen molar-refractivity contribution < 1.29 is 24.9 Å². The second-order valence-corrected chi connectivity index (χ2v) is 7.34. The number of hydrogen-bond donors (Lipinski definition) is 3. The number of hydrogen-bond acceptors (Lipinski definition) is 4. The molecule has 0 radical (unpaired) electrons. The summed E-state index contributed by atoms with van der Waals surface area (Å²) in [5.41, 5.74) is 2.09. The van der Waals surface area contributed by atoms with Crippen molar-refractivity contribution in [2.45, 2.75) is 57.5 Å². The van der Waals surface area contributed by atoms with Crippen molar-refractivity contribution in [3.63, 3.8) is 0 Å². The maximum Gasteiger partial charge on any atom is 0.303 e. The van der Waals surface area contributed by atoms with Gasteiger partial charge in [-0.3, -0.25) is 9.59 Å². The van der Waals surface area contributed by atoms with Crippen LogP contribution in [0.1, 0.15) is 56.1 Å². The molecule has 0 aromatic heterocycles. The first-order valence-electron chi connectivity index (χ1n) is 9.82. The van der Waals surface area contributed by atoms with Gasteiger partial charge in [0.2, 0.25) is 0 Å². The number of Topliss-reactive ketones (excluding diaryl/α,β-unsaturated/α-hetero) is 1. The van der Waals surface area contributed by atoms with Crippen molar-refractivity contribution >= 4 is 17.8 Å². The van der Waals surface area contributed by atoms with Gasteiger partial charge in [-0.15, -0.1) is 0 Å². The summed E-state index contributed by atoms with van der Waals surface area (Å²) in [4.78, 5) is 22.7. The number of carboxylic acids is 1. The van der Waals surface area contributed by atoms with Gasteiger partial charge in [0, 0.05) is 31.3 Å². The monoisotopic (exact) mass is 374 g/mol. The molecule has 0 amide bonds. The second kappa shape index (κ2) is 11.0. The summed E-state index contributed by atoms with van der Waals surface area (Å²) < 4.78 is 0. The molecule has 1 fully saturated rings. The molecular weight excluding hydrogens is 344 g/mol. The van der Waals surface area contributed by atoms with Crippen LogP contribution in [-0.4, -0.2) is 39.8 Å². The molecule has 27 heavy (non-hydrogen) atoms. The van der Waals surface area contributed by atoms with E-state index < -0.39 is 12.1 Å². The number of benzene rings is 1. The number of rotatable bonds is 11. The summed E-state index contributed by atoms with van der Waals surface area (Å²) in [5, 5.41) is 27.9. The van der Waals surface area contributed by atoms with Crippen molar-refractivity contribution in [1.29, 1.82) is 0 Å². The van der Waals surface area contributed by atoms with E-state index in [0.717, 1.165) is 36.8 Å². The fourth-order valence-electron chi connectivity index (χ4n) is 3.73. The van der Waals surface area contributed by atoms with Crippen LogP contribution in [0.25, 0.3) is 6.08 Å². The first-order valence-corrected chi connectivity index (χ1v) is 9.82. The minimum atomic E-state index is -0.765. The fraction of sp³-hybridized carbons (Fsp3) is 0.545. The van der Waals surface area contributed by atoms with Gasteiger partial charge in [0.15, 0.2) is 0 Å². The topological polar surface area (TPSA) is 94.8 Å². The molecule has 148 valence electrons. The zero-order valence-corrected chi connectivity index (χ0v) is 15.7. The van der Waals surface area contributed by atoms with Gasteiger partial charge >= 0.3 is 5.97 Å². The van der Waals surface area contributed by atoms with E-state index in [2.05, 4.69) is 0 Å². The first-order chi connectivity index (χ1) is 13.0. The van der Waals surface area contributed by atoms with Gasteiger partial charge in [-0.1, -0.05) is 55.7 Å². The van der Waals surface area contributed by atoms with Crippen molar-refractivity contribution in [3.8, 4) is 0 Å². The smallest absolute Gasteiger partial charge is 0.303 e. The highest BCUT2D eigenvalue weighted by molar-refractivity contribution is 5.84. The van der Waals surface area contributed by atoms with Crippen LogP contribution in [0.3, 0.4) is 0 Å². The summed E-state index contributed by atoms with van der Waals surface area (Å²) in [6.45, 7) is 0.129. The Labute approximate surface area is 160 Å². The minimum absolute atomic E-state index is 0.126. The van der Waals surface area contributed by atoms with E-state index in [1.807, 2.05) is 36.4 Å². The molecule has 0 unspecified atom stereocenters. The lowest BCUT2D eigenvalue weighted by Gasteiger charge is -2.17. The standard InChI is InChI=1S/C22H30O5/c23-14-13-17-9-7-16(8-10-17)11-12-19-18(20(24)15-21(19)25)5-3-1-2-4-6-22(26)27/h7-12,18-19,21,23,25H,1-6,13-15H2,(H,26,27)/t18-,19-,21+/m0/s1. The lowest BCUT2D eigenvalue weighted by atomic mass is 9.88. The van der Waals surface area contributed by atoms with Gasteiger partial charge < -0.3 is 15.3 Å².